The summed E-state index contributed by atoms with van der Waals surface area (Å²) in [5.74, 6) is 0.772. The molecule has 1 aromatic heterocycles. The first-order valence-electron chi connectivity index (χ1n) is 12.2. The maximum atomic E-state index is 11.7. The molecule has 3 rings (SSSR count). The predicted octanol–water partition coefficient (Wildman–Crippen LogP) is 4.34. The third-order valence-electron chi connectivity index (χ3n) is 5.92. The lowest BCUT2D eigenvalue weighted by molar-refractivity contribution is -0.150. The fourth-order valence-electron chi connectivity index (χ4n) is 3.70. The highest BCUT2D eigenvalue weighted by molar-refractivity contribution is 5.94. The van der Waals surface area contributed by atoms with Crippen molar-refractivity contribution in [3.8, 4) is 23.0 Å². The van der Waals surface area contributed by atoms with Crippen molar-refractivity contribution in [2.24, 2.45) is 11.7 Å². The summed E-state index contributed by atoms with van der Waals surface area (Å²) in [6, 6.07) is 17.5. The molecule has 1 amide bonds. The van der Waals surface area contributed by atoms with Gasteiger partial charge in [-0.1, -0.05) is 31.2 Å². The van der Waals surface area contributed by atoms with Gasteiger partial charge in [-0.2, -0.15) is 0 Å². The molecule has 3 N–H and O–H groups in total. The molecule has 3 aromatic rings. The van der Waals surface area contributed by atoms with Crippen LogP contribution < -0.4 is 19.9 Å². The van der Waals surface area contributed by atoms with Crippen LogP contribution in [0, 0.1) is 5.92 Å². The van der Waals surface area contributed by atoms with Gasteiger partial charge in [-0.3, -0.25) is 9.59 Å². The minimum absolute atomic E-state index is 0.160. The normalized spacial score (nSPS) is 11.1. The topological polar surface area (TPSA) is 130 Å². The lowest BCUT2D eigenvalue weighted by Gasteiger charge is -2.24. The minimum atomic E-state index is -0.786. The van der Waals surface area contributed by atoms with Gasteiger partial charge in [0.1, 0.15) is 17.6 Å². The highest BCUT2D eigenvalue weighted by atomic mass is 16.5. The van der Waals surface area contributed by atoms with E-state index in [-0.39, 0.29) is 35.2 Å². The summed E-state index contributed by atoms with van der Waals surface area (Å²) in [5.41, 5.74) is 7.13. The van der Waals surface area contributed by atoms with Gasteiger partial charge < -0.3 is 29.8 Å². The summed E-state index contributed by atoms with van der Waals surface area (Å²) in [6.45, 7) is 3.79. The Labute approximate surface area is 223 Å². The molecule has 9 nitrogen and oxygen atoms in total. The first-order valence-corrected chi connectivity index (χ1v) is 12.2. The van der Waals surface area contributed by atoms with Crippen LogP contribution in [0.15, 0.2) is 60.8 Å². The average molecular weight is 525 g/mol. The van der Waals surface area contributed by atoms with Crippen LogP contribution in [0.3, 0.4) is 0 Å². The summed E-state index contributed by atoms with van der Waals surface area (Å²) in [4.78, 5) is 26.0. The summed E-state index contributed by atoms with van der Waals surface area (Å²) in [6.07, 6.45) is 3.22. The van der Waals surface area contributed by atoms with Crippen molar-refractivity contribution < 1.29 is 33.6 Å². The lowest BCUT2D eigenvalue weighted by Crippen LogP contribution is -2.27. The highest BCUT2D eigenvalue weighted by Gasteiger charge is 2.22. The number of hydrogen-bond acceptors (Lipinski definition) is 8. The fraction of sp³-hybridized carbons (Fsp3) is 0.345. The third kappa shape index (κ3) is 8.99. The maximum absolute atomic E-state index is 11.7. The number of nitrogens with two attached hydrogens (primary N) is 1. The molecule has 0 aliphatic heterocycles. The number of benzene rings is 2. The van der Waals surface area contributed by atoms with Crippen molar-refractivity contribution in [2.45, 2.75) is 39.2 Å². The molecule has 1 atom stereocenters. The number of esters is 1. The van der Waals surface area contributed by atoms with Crippen LogP contribution in [-0.4, -0.2) is 49.4 Å². The van der Waals surface area contributed by atoms with Crippen LogP contribution in [0.25, 0.3) is 0 Å². The molecular formula is C29H36N2O7. The molecule has 1 unspecified atom stereocenters. The van der Waals surface area contributed by atoms with E-state index in [1.165, 1.54) is 30.5 Å². The monoisotopic (exact) mass is 524 g/mol. The van der Waals surface area contributed by atoms with Gasteiger partial charge in [0.05, 0.1) is 21.3 Å². The van der Waals surface area contributed by atoms with E-state index in [1.54, 1.807) is 14.2 Å². The molecule has 0 bridgehead atoms. The summed E-state index contributed by atoms with van der Waals surface area (Å²) in [5, 5.41) is 9.27. The number of pyridine rings is 1. The zero-order chi connectivity index (χ0) is 28.1. The molecule has 0 radical (unpaired) electrons. The number of ether oxygens (including phenoxy) is 4. The SMILES string of the molecule is CCC(=O)OC(C)C(Cc1ccc(OC)cc1)Cc1ccc(OC)cc1.COc1ccnc(C(N)=O)c1O. The van der Waals surface area contributed by atoms with Gasteiger partial charge in [0.15, 0.2) is 17.2 Å². The molecule has 0 aliphatic carbocycles. The molecule has 1 heterocycles. The number of carbonyl (C=O) groups excluding carboxylic acids is 2. The van der Waals surface area contributed by atoms with Crippen LogP contribution in [-0.2, 0) is 22.4 Å². The summed E-state index contributed by atoms with van der Waals surface area (Å²) >= 11 is 0. The molecule has 204 valence electrons. The van der Waals surface area contributed by atoms with Crippen molar-refractivity contribution in [2.75, 3.05) is 21.3 Å². The van der Waals surface area contributed by atoms with E-state index in [1.807, 2.05) is 38.1 Å². The lowest BCUT2D eigenvalue weighted by atomic mass is 9.88. The van der Waals surface area contributed by atoms with Crippen molar-refractivity contribution in [1.82, 2.24) is 4.98 Å². The number of nitrogens with zero attached hydrogens (tertiary/aromatic N) is 1. The standard InChI is InChI=1S/C22H28O4.C7H8N2O3/c1-5-22(23)26-16(2)19(14-17-6-10-20(24-3)11-7-17)15-18-8-12-21(25-4)13-9-18;1-12-4-2-3-9-5(6(4)10)7(8)11/h6-13,16,19H,5,14-15H2,1-4H3;2-3,10H,1H3,(H2,8,11). The third-order valence-corrected chi connectivity index (χ3v) is 5.92. The number of amides is 1. The Morgan fingerprint density at radius 3 is 1.76 bits per heavy atom. The number of hydrogen-bond donors (Lipinski definition) is 2. The second-order valence-corrected chi connectivity index (χ2v) is 8.49. The molecule has 38 heavy (non-hydrogen) atoms. The Morgan fingerprint density at radius 1 is 0.868 bits per heavy atom. The number of carbonyl (C=O) groups is 2. The van der Waals surface area contributed by atoms with Gasteiger partial charge in [0.25, 0.3) is 5.91 Å². The Morgan fingerprint density at radius 2 is 1.37 bits per heavy atom. The van der Waals surface area contributed by atoms with E-state index >= 15 is 0 Å². The second kappa shape index (κ2) is 15.1. The number of methoxy groups -OCH3 is 3. The fourth-order valence-corrected chi connectivity index (χ4v) is 3.70. The van der Waals surface area contributed by atoms with E-state index < -0.39 is 5.91 Å². The number of aromatic hydroxyl groups is 1. The second-order valence-electron chi connectivity index (χ2n) is 8.49. The molecule has 0 spiro atoms. The van der Waals surface area contributed by atoms with Gasteiger partial charge in [-0.05, 0) is 55.2 Å². The van der Waals surface area contributed by atoms with E-state index in [4.69, 9.17) is 24.7 Å². The van der Waals surface area contributed by atoms with E-state index in [2.05, 4.69) is 29.2 Å². The summed E-state index contributed by atoms with van der Waals surface area (Å²) < 4.78 is 20.8. The smallest absolute Gasteiger partial charge is 0.305 e. The van der Waals surface area contributed by atoms with Gasteiger partial charge in [0, 0.05) is 24.6 Å². The molecule has 0 aliphatic rings. The Bertz CT molecular complexity index is 1120. The molecule has 2 aromatic carbocycles. The average Bonchev–Trinajstić information content (AvgIpc) is 2.93. The molecule has 0 saturated heterocycles. The van der Waals surface area contributed by atoms with E-state index in [0.29, 0.717) is 6.42 Å². The molecule has 9 heteroatoms. The Hall–Kier alpha value is -4.27. The van der Waals surface area contributed by atoms with Crippen molar-refractivity contribution >= 4 is 11.9 Å². The van der Waals surface area contributed by atoms with E-state index in [9.17, 15) is 14.7 Å². The van der Waals surface area contributed by atoms with Crippen molar-refractivity contribution in [3.63, 3.8) is 0 Å². The van der Waals surface area contributed by atoms with Gasteiger partial charge >= 0.3 is 5.97 Å². The van der Waals surface area contributed by atoms with Crippen LogP contribution in [0.5, 0.6) is 23.0 Å². The van der Waals surface area contributed by atoms with Crippen LogP contribution in [0.1, 0.15) is 41.9 Å². The number of primary amides is 1. The Kier molecular flexibility index (Phi) is 11.9. The molecule has 0 fully saturated rings. The van der Waals surface area contributed by atoms with Crippen LogP contribution in [0.2, 0.25) is 0 Å². The zero-order valence-corrected chi connectivity index (χ0v) is 22.5. The Balaban J connectivity index is 0.000000352. The molecule has 0 saturated carbocycles. The van der Waals surface area contributed by atoms with Crippen molar-refractivity contribution in [3.05, 3.63) is 77.6 Å². The van der Waals surface area contributed by atoms with Crippen LogP contribution in [0.4, 0.5) is 0 Å². The predicted molar refractivity (Wildman–Crippen MR) is 144 cm³/mol. The van der Waals surface area contributed by atoms with E-state index in [0.717, 1.165) is 24.3 Å². The quantitative estimate of drug-likeness (QED) is 0.354. The van der Waals surface area contributed by atoms with Gasteiger partial charge in [0.2, 0.25) is 0 Å². The van der Waals surface area contributed by atoms with Gasteiger partial charge in [-0.15, -0.1) is 0 Å². The highest BCUT2D eigenvalue weighted by Crippen LogP contribution is 2.27. The van der Waals surface area contributed by atoms with Crippen molar-refractivity contribution in [1.29, 1.82) is 0 Å². The van der Waals surface area contributed by atoms with Crippen LogP contribution >= 0.6 is 0 Å². The first-order chi connectivity index (χ1) is 18.2. The first kappa shape index (κ1) is 30.0. The molecular weight excluding hydrogens is 488 g/mol. The number of rotatable bonds is 11. The summed E-state index contributed by atoms with van der Waals surface area (Å²) in [7, 11) is 4.70. The zero-order valence-electron chi connectivity index (χ0n) is 22.5. The number of aromatic nitrogens is 1. The minimum Gasteiger partial charge on any atom is -0.503 e. The largest absolute Gasteiger partial charge is 0.503 e. The maximum Gasteiger partial charge on any atom is 0.305 e. The van der Waals surface area contributed by atoms with Gasteiger partial charge in [-0.25, -0.2) is 4.98 Å².